The predicted molar refractivity (Wildman–Crippen MR) is 56.5 cm³/mol. The second kappa shape index (κ2) is 2.66. The zero-order valence-electron chi connectivity index (χ0n) is 8.25. The molecular weight excluding hydrogens is 174 g/mol. The Morgan fingerprint density at radius 1 is 1.21 bits per heavy atom. The van der Waals surface area contributed by atoms with Crippen LogP contribution in [0.4, 0.5) is 5.69 Å². The van der Waals surface area contributed by atoms with Crippen LogP contribution in [0, 0.1) is 0 Å². The average Bonchev–Trinajstić information content (AvgIpc) is 2.15. The topological polar surface area (TPSA) is 35.2 Å². The number of nitrogens with two attached hydrogens (primary N) is 1. The van der Waals surface area contributed by atoms with Gasteiger partial charge in [-0.05, 0) is 25.3 Å². The normalized spacial score (nSPS) is 22.3. The molecule has 1 heterocycles. The van der Waals surface area contributed by atoms with Crippen LogP contribution in [0.5, 0.6) is 5.75 Å². The maximum atomic E-state index is 5.92. The highest BCUT2D eigenvalue weighted by atomic mass is 16.5. The molecule has 2 nitrogen and oxygen atoms in total. The average molecular weight is 189 g/mol. The fourth-order valence-corrected chi connectivity index (χ4v) is 2.74. The van der Waals surface area contributed by atoms with E-state index in [0.717, 1.165) is 18.0 Å². The summed E-state index contributed by atoms with van der Waals surface area (Å²) >= 11 is 0. The number of benzene rings is 1. The lowest BCUT2D eigenvalue weighted by Gasteiger charge is -2.46. The number of ether oxygens (including phenoxy) is 1. The molecule has 2 N–H and O–H groups in total. The van der Waals surface area contributed by atoms with Crippen molar-refractivity contribution in [3.63, 3.8) is 0 Å². The van der Waals surface area contributed by atoms with Gasteiger partial charge in [-0.3, -0.25) is 0 Å². The van der Waals surface area contributed by atoms with Crippen molar-refractivity contribution in [2.75, 3.05) is 12.3 Å². The molecule has 2 heteroatoms. The summed E-state index contributed by atoms with van der Waals surface area (Å²) in [6.45, 7) is 0.835. The summed E-state index contributed by atoms with van der Waals surface area (Å²) < 4.78 is 5.66. The minimum atomic E-state index is 0.420. The molecule has 0 radical (unpaired) electrons. The quantitative estimate of drug-likeness (QED) is 0.636. The summed E-state index contributed by atoms with van der Waals surface area (Å²) in [5, 5.41) is 0. The SMILES string of the molecule is Nc1cccc2c1OCCC21CCC1. The first-order valence-electron chi connectivity index (χ1n) is 5.34. The van der Waals surface area contributed by atoms with Crippen LogP contribution >= 0.6 is 0 Å². The maximum Gasteiger partial charge on any atom is 0.145 e. The van der Waals surface area contributed by atoms with Gasteiger partial charge in [-0.2, -0.15) is 0 Å². The Bertz CT molecular complexity index is 369. The highest BCUT2D eigenvalue weighted by Gasteiger charge is 2.42. The molecular formula is C12H15NO. The lowest BCUT2D eigenvalue weighted by atomic mass is 9.61. The van der Waals surface area contributed by atoms with Gasteiger partial charge in [-0.25, -0.2) is 0 Å². The third kappa shape index (κ3) is 0.912. The van der Waals surface area contributed by atoms with Crippen LogP contribution in [0.2, 0.25) is 0 Å². The molecule has 0 unspecified atom stereocenters. The van der Waals surface area contributed by atoms with Crippen molar-refractivity contribution < 1.29 is 4.74 Å². The van der Waals surface area contributed by atoms with Crippen LogP contribution in [0.1, 0.15) is 31.2 Å². The Hall–Kier alpha value is -1.18. The van der Waals surface area contributed by atoms with Gasteiger partial charge in [0.2, 0.25) is 0 Å². The summed E-state index contributed by atoms with van der Waals surface area (Å²) in [7, 11) is 0. The van der Waals surface area contributed by atoms with E-state index < -0.39 is 0 Å². The predicted octanol–water partition coefficient (Wildman–Crippen LogP) is 2.47. The zero-order valence-corrected chi connectivity index (χ0v) is 8.25. The van der Waals surface area contributed by atoms with E-state index in [4.69, 9.17) is 10.5 Å². The Kier molecular flexibility index (Phi) is 1.55. The van der Waals surface area contributed by atoms with E-state index in [1.807, 2.05) is 12.1 Å². The largest absolute Gasteiger partial charge is 0.491 e. The van der Waals surface area contributed by atoms with Gasteiger partial charge in [0, 0.05) is 11.0 Å². The lowest BCUT2D eigenvalue weighted by molar-refractivity contribution is 0.144. The van der Waals surface area contributed by atoms with E-state index in [0.29, 0.717) is 5.41 Å². The smallest absolute Gasteiger partial charge is 0.145 e. The molecule has 1 spiro atoms. The highest BCUT2D eigenvalue weighted by Crippen LogP contribution is 2.52. The van der Waals surface area contributed by atoms with Crippen molar-refractivity contribution in [3.05, 3.63) is 23.8 Å². The Morgan fingerprint density at radius 3 is 2.79 bits per heavy atom. The maximum absolute atomic E-state index is 5.92. The van der Waals surface area contributed by atoms with Crippen molar-refractivity contribution in [2.24, 2.45) is 0 Å². The monoisotopic (exact) mass is 189 g/mol. The number of nitrogen functional groups attached to an aromatic ring is 1. The van der Waals surface area contributed by atoms with Gasteiger partial charge in [-0.15, -0.1) is 0 Å². The molecule has 1 aromatic carbocycles. The van der Waals surface area contributed by atoms with Gasteiger partial charge >= 0.3 is 0 Å². The summed E-state index contributed by atoms with van der Waals surface area (Å²) in [5.41, 5.74) is 8.49. The standard InChI is InChI=1S/C12H15NO/c13-10-4-1-3-9-11(10)14-8-7-12(9)5-2-6-12/h1,3-4H,2,5-8,13H2. The van der Waals surface area contributed by atoms with Crippen molar-refractivity contribution >= 4 is 5.69 Å². The summed E-state index contributed by atoms with van der Waals surface area (Å²) in [6, 6.07) is 6.16. The minimum absolute atomic E-state index is 0.420. The Morgan fingerprint density at radius 2 is 2.07 bits per heavy atom. The van der Waals surface area contributed by atoms with Crippen molar-refractivity contribution in [3.8, 4) is 5.75 Å². The van der Waals surface area contributed by atoms with Crippen LogP contribution in [0.15, 0.2) is 18.2 Å². The van der Waals surface area contributed by atoms with Crippen molar-refractivity contribution in [1.82, 2.24) is 0 Å². The fourth-order valence-electron chi connectivity index (χ4n) is 2.74. The molecule has 0 bridgehead atoms. The molecule has 2 aliphatic rings. The second-order valence-corrected chi connectivity index (χ2v) is 4.46. The van der Waals surface area contributed by atoms with E-state index in [1.165, 1.54) is 31.2 Å². The lowest BCUT2D eigenvalue weighted by Crippen LogP contribution is -2.39. The molecule has 1 saturated carbocycles. The number of hydrogen-bond acceptors (Lipinski definition) is 2. The molecule has 1 aromatic rings. The zero-order chi connectivity index (χ0) is 9.60. The molecule has 1 aliphatic carbocycles. The molecule has 0 aromatic heterocycles. The third-order valence-corrected chi connectivity index (χ3v) is 3.75. The Labute approximate surface area is 84.1 Å². The third-order valence-electron chi connectivity index (χ3n) is 3.75. The van der Waals surface area contributed by atoms with Gasteiger partial charge in [0.15, 0.2) is 0 Å². The van der Waals surface area contributed by atoms with Crippen LogP contribution in [0.3, 0.4) is 0 Å². The van der Waals surface area contributed by atoms with Crippen molar-refractivity contribution in [1.29, 1.82) is 0 Å². The highest BCUT2D eigenvalue weighted by molar-refractivity contribution is 5.60. The molecule has 0 atom stereocenters. The molecule has 74 valence electrons. The first-order chi connectivity index (χ1) is 6.82. The van der Waals surface area contributed by atoms with Gasteiger partial charge < -0.3 is 10.5 Å². The molecule has 1 fully saturated rings. The summed E-state index contributed by atoms with van der Waals surface area (Å²) in [5.74, 6) is 0.957. The second-order valence-electron chi connectivity index (χ2n) is 4.46. The molecule has 0 amide bonds. The van der Waals surface area contributed by atoms with Gasteiger partial charge in [0.25, 0.3) is 0 Å². The number of anilines is 1. The fraction of sp³-hybridized carbons (Fsp3) is 0.500. The molecule has 3 rings (SSSR count). The Balaban J connectivity index is 2.15. The first kappa shape index (κ1) is 8.16. The summed E-state index contributed by atoms with van der Waals surface area (Å²) in [6.07, 6.45) is 5.15. The molecule has 14 heavy (non-hydrogen) atoms. The minimum Gasteiger partial charge on any atom is -0.491 e. The number of rotatable bonds is 0. The van der Waals surface area contributed by atoms with Gasteiger partial charge in [0.05, 0.1) is 12.3 Å². The number of hydrogen-bond donors (Lipinski definition) is 1. The van der Waals surface area contributed by atoms with Crippen LogP contribution < -0.4 is 10.5 Å². The summed E-state index contributed by atoms with van der Waals surface area (Å²) in [4.78, 5) is 0. The van der Waals surface area contributed by atoms with Crippen molar-refractivity contribution in [2.45, 2.75) is 31.1 Å². The van der Waals surface area contributed by atoms with Crippen LogP contribution in [-0.2, 0) is 5.41 Å². The van der Waals surface area contributed by atoms with Crippen LogP contribution in [0.25, 0.3) is 0 Å². The first-order valence-corrected chi connectivity index (χ1v) is 5.34. The van der Waals surface area contributed by atoms with E-state index in [9.17, 15) is 0 Å². The number of fused-ring (bicyclic) bond motifs is 2. The van der Waals surface area contributed by atoms with Gasteiger partial charge in [0.1, 0.15) is 5.75 Å². The molecule has 0 saturated heterocycles. The van der Waals surface area contributed by atoms with E-state index in [1.54, 1.807) is 0 Å². The van der Waals surface area contributed by atoms with Gasteiger partial charge in [-0.1, -0.05) is 18.6 Å². The van der Waals surface area contributed by atoms with E-state index in [2.05, 4.69) is 6.07 Å². The van der Waals surface area contributed by atoms with E-state index in [-0.39, 0.29) is 0 Å². The van der Waals surface area contributed by atoms with Crippen LogP contribution in [-0.4, -0.2) is 6.61 Å². The van der Waals surface area contributed by atoms with E-state index >= 15 is 0 Å². The molecule has 1 aliphatic heterocycles. The number of para-hydroxylation sites is 1.